The van der Waals surface area contributed by atoms with Crippen molar-refractivity contribution in [3.05, 3.63) is 112 Å². The van der Waals surface area contributed by atoms with Crippen molar-refractivity contribution in [2.24, 2.45) is 0 Å². The number of halogens is 1. The summed E-state index contributed by atoms with van der Waals surface area (Å²) in [7, 11) is 0. The maximum Gasteiger partial charge on any atom is 0.294 e. The van der Waals surface area contributed by atoms with Gasteiger partial charge in [-0.25, -0.2) is 0 Å². The van der Waals surface area contributed by atoms with Crippen molar-refractivity contribution < 1.29 is 19.1 Å². The van der Waals surface area contributed by atoms with E-state index in [1.165, 1.54) is 5.39 Å². The predicted octanol–water partition coefficient (Wildman–Crippen LogP) is 6.75. The zero-order valence-corrected chi connectivity index (χ0v) is 21.1. The Bertz CT molecular complexity index is 1520. The van der Waals surface area contributed by atoms with Gasteiger partial charge in [-0.05, 0) is 82.2 Å². The van der Waals surface area contributed by atoms with E-state index < -0.39 is 17.1 Å². The van der Waals surface area contributed by atoms with Crippen LogP contribution in [0.15, 0.2) is 95.9 Å². The molecule has 0 unspecified atom stereocenters. The lowest BCUT2D eigenvalue weighted by atomic mass is 10.1. The lowest BCUT2D eigenvalue weighted by molar-refractivity contribution is -0.127. The average molecular weight is 529 g/mol. The Morgan fingerprint density at radius 1 is 0.919 bits per heavy atom. The third kappa shape index (κ3) is 6.02. The molecule has 0 saturated carbocycles. The van der Waals surface area contributed by atoms with Gasteiger partial charge in [-0.3, -0.25) is 19.3 Å². The Balaban J connectivity index is 1.18. The molecule has 1 saturated heterocycles. The van der Waals surface area contributed by atoms with Gasteiger partial charge in [0.05, 0.1) is 4.91 Å². The van der Waals surface area contributed by atoms with Gasteiger partial charge >= 0.3 is 0 Å². The normalized spacial score (nSPS) is 14.4. The van der Waals surface area contributed by atoms with Crippen molar-refractivity contribution in [3.8, 4) is 5.75 Å². The Labute approximate surface area is 222 Å². The van der Waals surface area contributed by atoms with E-state index in [9.17, 15) is 14.4 Å². The highest BCUT2D eigenvalue weighted by atomic mass is 35.5. The third-order valence-corrected chi connectivity index (χ3v) is 6.86. The summed E-state index contributed by atoms with van der Waals surface area (Å²) >= 11 is 6.66. The van der Waals surface area contributed by atoms with Crippen LogP contribution in [0.25, 0.3) is 16.8 Å². The minimum absolute atomic E-state index is 0.258. The number of amides is 3. The molecular weight excluding hydrogens is 508 g/mol. The van der Waals surface area contributed by atoms with Crippen molar-refractivity contribution in [2.75, 3.05) is 11.9 Å². The van der Waals surface area contributed by atoms with E-state index in [0.717, 1.165) is 33.2 Å². The van der Waals surface area contributed by atoms with Crippen LogP contribution >= 0.6 is 23.4 Å². The highest BCUT2D eigenvalue weighted by Crippen LogP contribution is 2.32. The molecule has 0 atom stereocenters. The molecule has 0 bridgehead atoms. The van der Waals surface area contributed by atoms with Gasteiger partial charge in [0.25, 0.3) is 11.1 Å². The first-order valence-corrected chi connectivity index (χ1v) is 12.7. The molecule has 0 aliphatic carbocycles. The summed E-state index contributed by atoms with van der Waals surface area (Å²) in [6.07, 6.45) is 1.63. The predicted molar refractivity (Wildman–Crippen MR) is 147 cm³/mol. The maximum atomic E-state index is 12.8. The molecule has 4 aromatic rings. The minimum Gasteiger partial charge on any atom is -0.489 e. The molecule has 0 spiro atoms. The topological polar surface area (TPSA) is 75.7 Å². The number of nitrogens with one attached hydrogen (secondary N) is 1. The summed E-state index contributed by atoms with van der Waals surface area (Å²) in [6, 6.07) is 28.2. The summed E-state index contributed by atoms with van der Waals surface area (Å²) in [5, 5.41) is 5.05. The number of hydrogen-bond acceptors (Lipinski definition) is 5. The van der Waals surface area contributed by atoms with Crippen LogP contribution in [0.3, 0.4) is 0 Å². The standard InChI is InChI=1S/C29H21ClN2O4S/c30-23-9-11-24(12-10-23)31-27(33)17-32-28(34)26(37-29(32)35)16-19-6-13-25(14-7-19)36-18-20-5-8-21-3-1-2-4-22(21)15-20/h1-16H,17-18H2,(H,31,33)/b26-16-. The molecule has 0 aromatic heterocycles. The van der Waals surface area contributed by atoms with Crippen molar-refractivity contribution in [3.63, 3.8) is 0 Å². The Hall–Kier alpha value is -4.07. The van der Waals surface area contributed by atoms with Gasteiger partial charge in [0.15, 0.2) is 0 Å². The summed E-state index contributed by atoms with van der Waals surface area (Å²) < 4.78 is 5.91. The molecule has 1 heterocycles. The van der Waals surface area contributed by atoms with Crippen molar-refractivity contribution in [1.82, 2.24) is 4.90 Å². The first kappa shape index (κ1) is 24.6. The number of nitrogens with zero attached hydrogens (tertiary/aromatic N) is 1. The van der Waals surface area contributed by atoms with Crippen molar-refractivity contribution in [2.45, 2.75) is 6.61 Å². The van der Waals surface area contributed by atoms with Crippen LogP contribution in [0.1, 0.15) is 11.1 Å². The molecule has 4 aromatic carbocycles. The molecule has 6 nitrogen and oxygen atoms in total. The lowest BCUT2D eigenvalue weighted by Crippen LogP contribution is -2.36. The summed E-state index contributed by atoms with van der Waals surface area (Å²) in [5.41, 5.74) is 2.34. The number of ether oxygens (including phenoxy) is 1. The number of benzene rings is 4. The van der Waals surface area contributed by atoms with Crippen LogP contribution in [0.4, 0.5) is 10.5 Å². The molecule has 1 aliphatic rings. The van der Waals surface area contributed by atoms with Gasteiger partial charge in [-0.1, -0.05) is 60.1 Å². The van der Waals surface area contributed by atoms with E-state index >= 15 is 0 Å². The number of carbonyl (C=O) groups excluding carboxylic acids is 3. The second kappa shape index (κ2) is 10.9. The highest BCUT2D eigenvalue weighted by molar-refractivity contribution is 8.18. The molecule has 8 heteroatoms. The third-order valence-electron chi connectivity index (χ3n) is 5.70. The second-order valence-corrected chi connectivity index (χ2v) is 9.79. The first-order chi connectivity index (χ1) is 17.9. The molecule has 5 rings (SSSR count). The minimum atomic E-state index is -0.502. The fraction of sp³-hybridized carbons (Fsp3) is 0.0690. The fourth-order valence-corrected chi connectivity index (χ4v) is 4.78. The molecular formula is C29H21ClN2O4S. The van der Waals surface area contributed by atoms with Gasteiger partial charge in [-0.15, -0.1) is 0 Å². The van der Waals surface area contributed by atoms with E-state index in [1.807, 2.05) is 42.5 Å². The molecule has 3 amide bonds. The zero-order chi connectivity index (χ0) is 25.8. The maximum absolute atomic E-state index is 12.8. The largest absolute Gasteiger partial charge is 0.489 e. The quantitative estimate of drug-likeness (QED) is 0.269. The molecule has 1 fully saturated rings. The van der Waals surface area contributed by atoms with E-state index in [4.69, 9.17) is 16.3 Å². The monoisotopic (exact) mass is 528 g/mol. The van der Waals surface area contributed by atoms with E-state index in [-0.39, 0.29) is 11.4 Å². The van der Waals surface area contributed by atoms with Crippen molar-refractivity contribution >= 4 is 63.0 Å². The summed E-state index contributed by atoms with van der Waals surface area (Å²) in [4.78, 5) is 38.7. The Morgan fingerprint density at radius 3 is 2.41 bits per heavy atom. The molecule has 37 heavy (non-hydrogen) atoms. The molecule has 184 valence electrons. The SMILES string of the molecule is O=C(CN1C(=O)S/C(=C\c2ccc(OCc3ccc4ccccc4c3)cc2)C1=O)Nc1ccc(Cl)cc1. The second-order valence-electron chi connectivity index (χ2n) is 8.36. The van der Waals surface area contributed by atoms with E-state index in [2.05, 4.69) is 29.6 Å². The lowest BCUT2D eigenvalue weighted by Gasteiger charge is -2.12. The van der Waals surface area contributed by atoms with Crippen LogP contribution in [0.2, 0.25) is 5.02 Å². The summed E-state index contributed by atoms with van der Waals surface area (Å²) in [5.74, 6) is -0.283. The molecule has 1 N–H and O–H groups in total. The number of thioether (sulfide) groups is 1. The number of hydrogen-bond donors (Lipinski definition) is 1. The van der Waals surface area contributed by atoms with E-state index in [1.54, 1.807) is 30.3 Å². The van der Waals surface area contributed by atoms with Gasteiger partial charge < -0.3 is 10.1 Å². The smallest absolute Gasteiger partial charge is 0.294 e. The zero-order valence-electron chi connectivity index (χ0n) is 19.5. The number of rotatable bonds is 7. The van der Waals surface area contributed by atoms with Gasteiger partial charge in [0.1, 0.15) is 18.9 Å². The first-order valence-electron chi connectivity index (χ1n) is 11.5. The van der Waals surface area contributed by atoms with Crippen LogP contribution < -0.4 is 10.1 Å². The van der Waals surface area contributed by atoms with Crippen LogP contribution in [-0.2, 0) is 16.2 Å². The molecule has 1 aliphatic heterocycles. The number of carbonyl (C=O) groups is 3. The Morgan fingerprint density at radius 2 is 1.65 bits per heavy atom. The Kier molecular flexibility index (Phi) is 7.25. The number of fused-ring (bicyclic) bond motifs is 1. The van der Waals surface area contributed by atoms with E-state index in [0.29, 0.717) is 23.1 Å². The van der Waals surface area contributed by atoms with Crippen LogP contribution in [0, 0.1) is 0 Å². The van der Waals surface area contributed by atoms with Crippen LogP contribution in [-0.4, -0.2) is 28.5 Å². The highest BCUT2D eigenvalue weighted by Gasteiger charge is 2.36. The summed E-state index contributed by atoms with van der Waals surface area (Å²) in [6.45, 7) is 0.0628. The van der Waals surface area contributed by atoms with Gasteiger partial charge in [-0.2, -0.15) is 0 Å². The number of anilines is 1. The van der Waals surface area contributed by atoms with Crippen molar-refractivity contribution in [1.29, 1.82) is 0 Å². The van der Waals surface area contributed by atoms with Gasteiger partial charge in [0, 0.05) is 10.7 Å². The number of imide groups is 1. The average Bonchev–Trinajstić information content (AvgIpc) is 3.16. The van der Waals surface area contributed by atoms with Crippen LogP contribution in [0.5, 0.6) is 5.75 Å². The fourth-order valence-electron chi connectivity index (χ4n) is 3.82. The van der Waals surface area contributed by atoms with Gasteiger partial charge in [0.2, 0.25) is 5.91 Å². The molecule has 0 radical (unpaired) electrons.